The van der Waals surface area contributed by atoms with Crippen LogP contribution in [0.15, 0.2) is 0 Å². The summed E-state index contributed by atoms with van der Waals surface area (Å²) in [7, 11) is 0. The number of hydrogen-bond donors (Lipinski definition) is 1. The molecule has 0 aromatic heterocycles. The highest BCUT2D eigenvalue weighted by Crippen LogP contribution is 2.33. The molecule has 20 heavy (non-hydrogen) atoms. The molecule has 1 unspecified atom stereocenters. The Morgan fingerprint density at radius 1 is 1.20 bits per heavy atom. The Balaban J connectivity index is 2.27. The third-order valence-electron chi connectivity index (χ3n) is 4.54. The molecule has 2 rings (SSSR count). The first kappa shape index (κ1) is 15.3. The monoisotopic (exact) mass is 280 g/mol. The van der Waals surface area contributed by atoms with Crippen LogP contribution in [0.5, 0.6) is 0 Å². The van der Waals surface area contributed by atoms with Gasteiger partial charge in [0.15, 0.2) is 0 Å². The Morgan fingerprint density at radius 3 is 2.25 bits per heavy atom. The summed E-state index contributed by atoms with van der Waals surface area (Å²) in [5.41, 5.74) is -1.02. The summed E-state index contributed by atoms with van der Waals surface area (Å²) in [6.07, 6.45) is 4.87. The lowest BCUT2D eigenvalue weighted by Crippen LogP contribution is -2.71. The fraction of sp³-hybridized carbons (Fsp3) is 0.875. The number of piperazine rings is 1. The Bertz CT molecular complexity index is 403. The van der Waals surface area contributed by atoms with E-state index in [-0.39, 0.29) is 23.3 Å². The summed E-state index contributed by atoms with van der Waals surface area (Å²) in [5.74, 6) is 0.606. The number of hydrogen-bond acceptors (Lipinski definition) is 2. The van der Waals surface area contributed by atoms with Gasteiger partial charge in [0.1, 0.15) is 11.6 Å². The van der Waals surface area contributed by atoms with Gasteiger partial charge in [-0.3, -0.25) is 9.59 Å². The minimum Gasteiger partial charge on any atom is -0.340 e. The zero-order chi connectivity index (χ0) is 15.1. The lowest BCUT2D eigenvalue weighted by atomic mass is 9.81. The number of nitrogens with zero attached hydrogens (tertiary/aromatic N) is 1. The lowest BCUT2D eigenvalue weighted by Gasteiger charge is -2.48. The molecule has 1 aliphatic carbocycles. The molecule has 0 bridgehead atoms. The molecule has 1 saturated heterocycles. The summed E-state index contributed by atoms with van der Waals surface area (Å²) in [4.78, 5) is 27.1. The van der Waals surface area contributed by atoms with Crippen molar-refractivity contribution in [3.8, 4) is 0 Å². The van der Waals surface area contributed by atoms with Gasteiger partial charge in [-0.2, -0.15) is 0 Å². The number of rotatable bonds is 2. The van der Waals surface area contributed by atoms with Crippen LogP contribution in [0.4, 0.5) is 0 Å². The molecule has 0 aromatic carbocycles. The van der Waals surface area contributed by atoms with Crippen molar-refractivity contribution in [3.05, 3.63) is 0 Å². The standard InChI is InChI=1S/C16H28N2O2/c1-15(2,3)12-13(19)17-16(4,5)14(20)18(12)10-11-8-6-7-9-11/h11-12H,6-10H2,1-5H3,(H,17,19). The minimum atomic E-state index is -0.780. The van der Waals surface area contributed by atoms with Gasteiger partial charge in [-0.05, 0) is 38.0 Å². The van der Waals surface area contributed by atoms with Crippen molar-refractivity contribution < 1.29 is 9.59 Å². The summed E-state index contributed by atoms with van der Waals surface area (Å²) in [6.45, 7) is 10.4. The van der Waals surface area contributed by atoms with Gasteiger partial charge in [-0.25, -0.2) is 0 Å². The molecule has 4 nitrogen and oxygen atoms in total. The third kappa shape index (κ3) is 2.84. The molecular weight excluding hydrogens is 252 g/mol. The maximum Gasteiger partial charge on any atom is 0.248 e. The molecule has 2 aliphatic rings. The van der Waals surface area contributed by atoms with Crippen molar-refractivity contribution in [3.63, 3.8) is 0 Å². The minimum absolute atomic E-state index is 0.0138. The van der Waals surface area contributed by atoms with E-state index in [4.69, 9.17) is 0 Å². The van der Waals surface area contributed by atoms with Crippen LogP contribution < -0.4 is 5.32 Å². The van der Waals surface area contributed by atoms with Crippen molar-refractivity contribution >= 4 is 11.8 Å². The van der Waals surface area contributed by atoms with Crippen molar-refractivity contribution in [1.29, 1.82) is 0 Å². The summed E-state index contributed by atoms with van der Waals surface area (Å²) < 4.78 is 0. The van der Waals surface area contributed by atoms with E-state index in [9.17, 15) is 9.59 Å². The van der Waals surface area contributed by atoms with Crippen LogP contribution in [0.25, 0.3) is 0 Å². The third-order valence-corrected chi connectivity index (χ3v) is 4.54. The quantitative estimate of drug-likeness (QED) is 0.844. The van der Waals surface area contributed by atoms with E-state index in [2.05, 4.69) is 5.32 Å². The number of amides is 2. The zero-order valence-electron chi connectivity index (χ0n) is 13.5. The maximum absolute atomic E-state index is 12.7. The van der Waals surface area contributed by atoms with Gasteiger partial charge < -0.3 is 10.2 Å². The van der Waals surface area contributed by atoms with Gasteiger partial charge in [-0.15, -0.1) is 0 Å². The SMILES string of the molecule is CC1(C)NC(=O)C(C(C)(C)C)N(CC2CCCC2)C1=O. The van der Waals surface area contributed by atoms with E-state index in [0.29, 0.717) is 5.92 Å². The smallest absolute Gasteiger partial charge is 0.248 e. The molecule has 1 atom stereocenters. The van der Waals surface area contributed by atoms with Crippen LogP contribution >= 0.6 is 0 Å². The molecule has 0 radical (unpaired) electrons. The highest BCUT2D eigenvalue weighted by molar-refractivity contribution is 5.99. The van der Waals surface area contributed by atoms with E-state index in [0.717, 1.165) is 6.54 Å². The molecule has 0 spiro atoms. The van der Waals surface area contributed by atoms with Crippen LogP contribution in [-0.4, -0.2) is 34.8 Å². The van der Waals surface area contributed by atoms with Gasteiger partial charge in [0.2, 0.25) is 11.8 Å². The normalized spacial score (nSPS) is 27.9. The van der Waals surface area contributed by atoms with E-state index >= 15 is 0 Å². The predicted octanol–water partition coefficient (Wildman–Crippen LogP) is 2.33. The average molecular weight is 280 g/mol. The van der Waals surface area contributed by atoms with E-state index < -0.39 is 5.54 Å². The second-order valence-electron chi connectivity index (χ2n) is 7.99. The van der Waals surface area contributed by atoms with Crippen LogP contribution in [0, 0.1) is 11.3 Å². The Morgan fingerprint density at radius 2 is 1.75 bits per heavy atom. The molecule has 1 N–H and O–H groups in total. The summed E-state index contributed by atoms with van der Waals surface area (Å²) in [5, 5.41) is 2.89. The fourth-order valence-corrected chi connectivity index (χ4v) is 3.57. The number of carbonyl (C=O) groups is 2. The summed E-state index contributed by atoms with van der Waals surface area (Å²) >= 11 is 0. The first-order valence-electron chi connectivity index (χ1n) is 7.76. The molecule has 1 heterocycles. The molecule has 0 aromatic rings. The van der Waals surface area contributed by atoms with E-state index in [1.165, 1.54) is 25.7 Å². The second kappa shape index (κ2) is 5.05. The fourth-order valence-electron chi connectivity index (χ4n) is 3.57. The molecule has 2 amide bonds. The Labute approximate surface area is 122 Å². The van der Waals surface area contributed by atoms with Gasteiger partial charge in [0.05, 0.1) is 0 Å². The van der Waals surface area contributed by atoms with Crippen LogP contribution in [0.1, 0.15) is 60.3 Å². The van der Waals surface area contributed by atoms with E-state index in [1.807, 2.05) is 25.7 Å². The number of carbonyl (C=O) groups excluding carboxylic acids is 2. The molecular formula is C16H28N2O2. The van der Waals surface area contributed by atoms with Crippen LogP contribution in [0.2, 0.25) is 0 Å². The predicted molar refractivity (Wildman–Crippen MR) is 79.1 cm³/mol. The Hall–Kier alpha value is -1.06. The molecule has 1 saturated carbocycles. The molecule has 2 fully saturated rings. The van der Waals surface area contributed by atoms with Crippen LogP contribution in [-0.2, 0) is 9.59 Å². The highest BCUT2D eigenvalue weighted by atomic mass is 16.2. The average Bonchev–Trinajstić information content (AvgIpc) is 2.75. The van der Waals surface area contributed by atoms with Crippen molar-refractivity contribution in [2.75, 3.05) is 6.54 Å². The van der Waals surface area contributed by atoms with Gasteiger partial charge in [-0.1, -0.05) is 33.6 Å². The van der Waals surface area contributed by atoms with Gasteiger partial charge in [0.25, 0.3) is 0 Å². The van der Waals surface area contributed by atoms with Crippen LogP contribution in [0.3, 0.4) is 0 Å². The van der Waals surface area contributed by atoms with Crippen molar-refractivity contribution in [2.24, 2.45) is 11.3 Å². The van der Waals surface area contributed by atoms with Crippen molar-refractivity contribution in [2.45, 2.75) is 71.9 Å². The molecule has 4 heteroatoms. The first-order valence-corrected chi connectivity index (χ1v) is 7.76. The first-order chi connectivity index (χ1) is 9.13. The van der Waals surface area contributed by atoms with Gasteiger partial charge in [0, 0.05) is 6.54 Å². The maximum atomic E-state index is 12.7. The molecule has 1 aliphatic heterocycles. The zero-order valence-corrected chi connectivity index (χ0v) is 13.5. The van der Waals surface area contributed by atoms with Gasteiger partial charge >= 0.3 is 0 Å². The highest BCUT2D eigenvalue weighted by Gasteiger charge is 2.49. The topological polar surface area (TPSA) is 49.4 Å². The summed E-state index contributed by atoms with van der Waals surface area (Å²) in [6, 6.07) is -0.358. The Kier molecular flexibility index (Phi) is 3.87. The molecule has 114 valence electrons. The largest absolute Gasteiger partial charge is 0.340 e. The second-order valence-corrected chi connectivity index (χ2v) is 7.99. The van der Waals surface area contributed by atoms with Crippen molar-refractivity contribution in [1.82, 2.24) is 10.2 Å². The van der Waals surface area contributed by atoms with E-state index in [1.54, 1.807) is 13.8 Å². The number of nitrogens with one attached hydrogen (secondary N) is 1. The lowest BCUT2D eigenvalue weighted by molar-refractivity contribution is -0.158.